The Hall–Kier alpha value is -2.62. The molecule has 0 heterocycles. The summed E-state index contributed by atoms with van der Waals surface area (Å²) in [7, 11) is 0. The van der Waals surface area contributed by atoms with Gasteiger partial charge in [-0.15, -0.1) is 0 Å². The molecule has 0 aliphatic rings. The van der Waals surface area contributed by atoms with Crippen molar-refractivity contribution in [1.29, 1.82) is 0 Å². The normalized spacial score (nSPS) is 11.7. The average Bonchev–Trinajstić information content (AvgIpc) is 2.64. The Morgan fingerprint density at radius 2 is 1.56 bits per heavy atom. The Bertz CT molecular complexity index is 681. The summed E-state index contributed by atoms with van der Waals surface area (Å²) in [5.74, 6) is -0.746. The van der Waals surface area contributed by atoms with E-state index in [1.807, 2.05) is 42.5 Å². The molecule has 2 aromatic rings. The van der Waals surface area contributed by atoms with Gasteiger partial charge in [-0.25, -0.2) is 0 Å². The quantitative estimate of drug-likeness (QED) is 0.681. The van der Waals surface area contributed by atoms with Crippen LogP contribution in [0.5, 0.6) is 0 Å². The van der Waals surface area contributed by atoms with Crippen molar-refractivity contribution >= 4 is 11.8 Å². The summed E-state index contributed by atoms with van der Waals surface area (Å²) in [4.78, 5) is 24.0. The largest absolute Gasteiger partial charge is 0.368 e. The Kier molecular flexibility index (Phi) is 7.20. The first-order chi connectivity index (χ1) is 12.1. The van der Waals surface area contributed by atoms with E-state index in [1.165, 1.54) is 0 Å². The second kappa shape index (κ2) is 9.62. The van der Waals surface area contributed by atoms with Crippen molar-refractivity contribution in [2.45, 2.75) is 45.1 Å². The van der Waals surface area contributed by atoms with Crippen LogP contribution in [0, 0.1) is 0 Å². The zero-order valence-corrected chi connectivity index (χ0v) is 14.7. The number of rotatable bonds is 9. The van der Waals surface area contributed by atoms with Crippen molar-refractivity contribution in [3.63, 3.8) is 0 Å². The number of carbonyl (C=O) groups excluding carboxylic acids is 2. The SMILES string of the molecule is CCCCCC[C@@H](NC(=O)c1ccc(-c2ccccc2)cc1)C(N)=O. The zero-order valence-electron chi connectivity index (χ0n) is 14.7. The van der Waals surface area contributed by atoms with Crippen LogP contribution >= 0.6 is 0 Å². The molecule has 2 aromatic carbocycles. The van der Waals surface area contributed by atoms with Crippen LogP contribution < -0.4 is 11.1 Å². The van der Waals surface area contributed by atoms with Crippen LogP contribution in [0.25, 0.3) is 11.1 Å². The lowest BCUT2D eigenvalue weighted by molar-refractivity contribution is -0.120. The average molecular weight is 338 g/mol. The van der Waals surface area contributed by atoms with Crippen LogP contribution in [-0.4, -0.2) is 17.9 Å². The molecule has 25 heavy (non-hydrogen) atoms. The van der Waals surface area contributed by atoms with E-state index in [0.29, 0.717) is 12.0 Å². The van der Waals surface area contributed by atoms with Crippen molar-refractivity contribution in [2.75, 3.05) is 0 Å². The highest BCUT2D eigenvalue weighted by molar-refractivity contribution is 5.97. The van der Waals surface area contributed by atoms with Crippen molar-refractivity contribution in [3.8, 4) is 11.1 Å². The van der Waals surface area contributed by atoms with Gasteiger partial charge in [0, 0.05) is 5.56 Å². The number of benzene rings is 2. The number of nitrogens with two attached hydrogens (primary N) is 1. The fourth-order valence-electron chi connectivity index (χ4n) is 2.75. The molecule has 4 heteroatoms. The van der Waals surface area contributed by atoms with Crippen LogP contribution in [-0.2, 0) is 4.79 Å². The minimum atomic E-state index is -0.613. The molecule has 0 aliphatic heterocycles. The number of hydrogen-bond acceptors (Lipinski definition) is 2. The van der Waals surface area contributed by atoms with E-state index in [4.69, 9.17) is 5.73 Å². The van der Waals surface area contributed by atoms with Gasteiger partial charge in [-0.2, -0.15) is 0 Å². The molecular formula is C21H26N2O2. The maximum atomic E-state index is 12.4. The number of nitrogens with one attached hydrogen (secondary N) is 1. The molecule has 0 spiro atoms. The standard InChI is InChI=1S/C21H26N2O2/c1-2-3-4-8-11-19(20(22)24)23-21(25)18-14-12-17(13-15-18)16-9-6-5-7-10-16/h5-7,9-10,12-15,19H,2-4,8,11H2,1H3,(H2,22,24)(H,23,25)/t19-/m1/s1. The van der Waals surface area contributed by atoms with Crippen molar-refractivity contribution in [1.82, 2.24) is 5.32 Å². The number of hydrogen-bond donors (Lipinski definition) is 2. The number of primary amides is 1. The lowest BCUT2D eigenvalue weighted by Crippen LogP contribution is -2.44. The van der Waals surface area contributed by atoms with Crippen molar-refractivity contribution < 1.29 is 9.59 Å². The topological polar surface area (TPSA) is 72.2 Å². The first kappa shape index (κ1) is 18.7. The molecule has 0 bridgehead atoms. The van der Waals surface area contributed by atoms with E-state index < -0.39 is 11.9 Å². The predicted molar refractivity (Wildman–Crippen MR) is 101 cm³/mol. The van der Waals surface area contributed by atoms with Gasteiger partial charge < -0.3 is 11.1 Å². The number of amides is 2. The van der Waals surface area contributed by atoms with Gasteiger partial charge in [0.1, 0.15) is 6.04 Å². The second-order valence-corrected chi connectivity index (χ2v) is 6.22. The first-order valence-electron chi connectivity index (χ1n) is 8.87. The maximum absolute atomic E-state index is 12.4. The molecule has 1 atom stereocenters. The minimum absolute atomic E-state index is 0.265. The molecule has 0 saturated heterocycles. The lowest BCUT2D eigenvalue weighted by Gasteiger charge is -2.15. The smallest absolute Gasteiger partial charge is 0.251 e. The van der Waals surface area contributed by atoms with Crippen molar-refractivity contribution in [3.05, 3.63) is 60.2 Å². The zero-order chi connectivity index (χ0) is 18.1. The van der Waals surface area contributed by atoms with Gasteiger partial charge in [0.05, 0.1) is 0 Å². The Balaban J connectivity index is 1.97. The molecule has 2 rings (SSSR count). The van der Waals surface area contributed by atoms with Crippen LogP contribution in [0.4, 0.5) is 0 Å². The highest BCUT2D eigenvalue weighted by Gasteiger charge is 2.18. The summed E-state index contributed by atoms with van der Waals surface area (Å²) < 4.78 is 0. The maximum Gasteiger partial charge on any atom is 0.251 e. The van der Waals surface area contributed by atoms with Crippen LogP contribution in [0.3, 0.4) is 0 Å². The molecule has 0 unspecified atom stereocenters. The van der Waals surface area contributed by atoms with Gasteiger partial charge >= 0.3 is 0 Å². The fraction of sp³-hybridized carbons (Fsp3) is 0.333. The summed E-state index contributed by atoms with van der Waals surface area (Å²) in [6.45, 7) is 2.13. The summed E-state index contributed by atoms with van der Waals surface area (Å²) >= 11 is 0. The fourth-order valence-corrected chi connectivity index (χ4v) is 2.75. The van der Waals surface area contributed by atoms with Gasteiger partial charge in [0.15, 0.2) is 0 Å². The predicted octanol–water partition coefficient (Wildman–Crippen LogP) is 3.91. The van der Waals surface area contributed by atoms with Gasteiger partial charge in [0.25, 0.3) is 5.91 Å². The molecule has 0 aliphatic carbocycles. The lowest BCUT2D eigenvalue weighted by atomic mass is 10.0. The van der Waals surface area contributed by atoms with E-state index in [0.717, 1.165) is 36.8 Å². The van der Waals surface area contributed by atoms with Crippen LogP contribution in [0.15, 0.2) is 54.6 Å². The van der Waals surface area contributed by atoms with E-state index in [9.17, 15) is 9.59 Å². The van der Waals surface area contributed by atoms with Gasteiger partial charge in [-0.05, 0) is 29.7 Å². The first-order valence-corrected chi connectivity index (χ1v) is 8.87. The van der Waals surface area contributed by atoms with Crippen LogP contribution in [0.2, 0.25) is 0 Å². The molecule has 4 nitrogen and oxygen atoms in total. The van der Waals surface area contributed by atoms with Gasteiger partial charge in [-0.3, -0.25) is 9.59 Å². The summed E-state index contributed by atoms with van der Waals surface area (Å²) in [6.07, 6.45) is 4.77. The van der Waals surface area contributed by atoms with E-state index in [2.05, 4.69) is 12.2 Å². The third-order valence-corrected chi connectivity index (χ3v) is 4.25. The molecule has 0 aromatic heterocycles. The van der Waals surface area contributed by atoms with Gasteiger partial charge in [-0.1, -0.05) is 75.1 Å². The molecular weight excluding hydrogens is 312 g/mol. The summed E-state index contributed by atoms with van der Waals surface area (Å²) in [6, 6.07) is 16.7. The van der Waals surface area contributed by atoms with Crippen LogP contribution in [0.1, 0.15) is 49.4 Å². The van der Waals surface area contributed by atoms with E-state index >= 15 is 0 Å². The third-order valence-electron chi connectivity index (χ3n) is 4.25. The third kappa shape index (κ3) is 5.75. The highest BCUT2D eigenvalue weighted by Crippen LogP contribution is 2.19. The minimum Gasteiger partial charge on any atom is -0.368 e. The Morgan fingerprint density at radius 1 is 0.920 bits per heavy atom. The molecule has 3 N–H and O–H groups in total. The molecule has 132 valence electrons. The van der Waals surface area contributed by atoms with Crippen molar-refractivity contribution in [2.24, 2.45) is 5.73 Å². The van der Waals surface area contributed by atoms with E-state index in [1.54, 1.807) is 12.1 Å². The van der Waals surface area contributed by atoms with Gasteiger partial charge in [0.2, 0.25) is 5.91 Å². The Morgan fingerprint density at radius 3 is 2.16 bits per heavy atom. The number of carbonyl (C=O) groups is 2. The molecule has 2 amide bonds. The monoisotopic (exact) mass is 338 g/mol. The Labute approximate surface area is 149 Å². The summed E-state index contributed by atoms with van der Waals surface area (Å²) in [5.41, 5.74) is 8.09. The highest BCUT2D eigenvalue weighted by atomic mass is 16.2. The second-order valence-electron chi connectivity index (χ2n) is 6.22. The molecule has 0 fully saturated rings. The number of unbranched alkanes of at least 4 members (excludes halogenated alkanes) is 3. The molecule has 0 radical (unpaired) electrons. The van der Waals surface area contributed by atoms with E-state index in [-0.39, 0.29) is 5.91 Å². The summed E-state index contributed by atoms with van der Waals surface area (Å²) in [5, 5.41) is 2.76. The molecule has 0 saturated carbocycles.